The van der Waals surface area contributed by atoms with Crippen molar-refractivity contribution in [2.45, 2.75) is 19.9 Å². The summed E-state index contributed by atoms with van der Waals surface area (Å²) < 4.78 is 5.01. The van der Waals surface area contributed by atoms with Gasteiger partial charge in [0, 0.05) is 5.70 Å². The highest BCUT2D eigenvalue weighted by Gasteiger charge is 2.39. The van der Waals surface area contributed by atoms with E-state index in [4.69, 9.17) is 4.74 Å². The molecule has 0 saturated heterocycles. The Bertz CT molecular complexity index is 597. The fraction of sp³-hybridized carbons (Fsp3) is 0.286. The standard InChI is InChI=1S/C14H15N3O4/c1-3-21-13(18)11-9(2)15-14(19)17(16-20)12(11)10-7-5-4-6-8-10/h4-8,12H,3H2,1-2H3,(H,15,19). The molecule has 1 aliphatic heterocycles. The van der Waals surface area contributed by atoms with E-state index in [1.54, 1.807) is 44.2 Å². The highest BCUT2D eigenvalue weighted by Crippen LogP contribution is 2.34. The van der Waals surface area contributed by atoms with E-state index in [2.05, 4.69) is 10.6 Å². The number of benzene rings is 1. The van der Waals surface area contributed by atoms with Crippen LogP contribution < -0.4 is 5.32 Å². The highest BCUT2D eigenvalue weighted by molar-refractivity contribution is 5.94. The first kappa shape index (κ1) is 14.7. The van der Waals surface area contributed by atoms with Gasteiger partial charge in [0.15, 0.2) is 0 Å². The summed E-state index contributed by atoms with van der Waals surface area (Å²) in [6.07, 6.45) is 0. The maximum Gasteiger partial charge on any atom is 0.345 e. The number of rotatable bonds is 4. The van der Waals surface area contributed by atoms with Crippen LogP contribution >= 0.6 is 0 Å². The maximum atomic E-state index is 12.2. The van der Waals surface area contributed by atoms with Crippen molar-refractivity contribution in [2.24, 2.45) is 5.29 Å². The Balaban J connectivity index is 2.55. The second-order valence-electron chi connectivity index (χ2n) is 4.43. The number of ether oxygens (including phenoxy) is 1. The minimum atomic E-state index is -0.892. The number of amides is 2. The Labute approximate surface area is 121 Å². The Morgan fingerprint density at radius 2 is 2.05 bits per heavy atom. The third kappa shape index (κ3) is 2.76. The number of nitroso groups, excluding NO2 is 1. The smallest absolute Gasteiger partial charge is 0.345 e. The van der Waals surface area contributed by atoms with Gasteiger partial charge in [-0.3, -0.25) is 0 Å². The van der Waals surface area contributed by atoms with Gasteiger partial charge in [0.25, 0.3) is 0 Å². The van der Waals surface area contributed by atoms with Crippen LogP contribution in [0, 0.1) is 4.91 Å². The number of hydrogen-bond acceptors (Lipinski definition) is 5. The third-order valence-corrected chi connectivity index (χ3v) is 3.12. The molecule has 1 N–H and O–H groups in total. The van der Waals surface area contributed by atoms with Crippen LogP contribution in [0.1, 0.15) is 25.5 Å². The molecule has 110 valence electrons. The molecule has 0 saturated carbocycles. The Morgan fingerprint density at radius 1 is 1.38 bits per heavy atom. The molecule has 0 aliphatic carbocycles. The van der Waals surface area contributed by atoms with Crippen LogP contribution in [-0.4, -0.2) is 23.6 Å². The van der Waals surface area contributed by atoms with Gasteiger partial charge in [-0.25, -0.2) is 9.59 Å². The summed E-state index contributed by atoms with van der Waals surface area (Å²) in [6.45, 7) is 3.46. The third-order valence-electron chi connectivity index (χ3n) is 3.12. The monoisotopic (exact) mass is 289 g/mol. The number of hydrogen-bond donors (Lipinski definition) is 1. The SMILES string of the molecule is CCOC(=O)C1=C(C)NC(=O)N(N=O)C1c1ccccc1. The van der Waals surface area contributed by atoms with Crippen molar-refractivity contribution in [1.82, 2.24) is 10.3 Å². The van der Waals surface area contributed by atoms with Crippen molar-refractivity contribution in [3.63, 3.8) is 0 Å². The molecular weight excluding hydrogens is 274 g/mol. The van der Waals surface area contributed by atoms with Crippen LogP contribution in [0.25, 0.3) is 0 Å². The van der Waals surface area contributed by atoms with E-state index in [0.717, 1.165) is 0 Å². The average Bonchev–Trinajstić information content (AvgIpc) is 2.47. The zero-order valence-corrected chi connectivity index (χ0v) is 11.7. The summed E-state index contributed by atoms with van der Waals surface area (Å²) in [7, 11) is 0. The lowest BCUT2D eigenvalue weighted by Gasteiger charge is -2.32. The molecule has 0 bridgehead atoms. The molecule has 1 aromatic rings. The summed E-state index contributed by atoms with van der Waals surface area (Å²) in [6, 6.07) is 7.17. The topological polar surface area (TPSA) is 88.1 Å². The maximum absolute atomic E-state index is 12.2. The first-order valence-electron chi connectivity index (χ1n) is 6.46. The van der Waals surface area contributed by atoms with Crippen LogP contribution in [0.5, 0.6) is 0 Å². The van der Waals surface area contributed by atoms with Crippen molar-refractivity contribution in [1.29, 1.82) is 0 Å². The lowest BCUT2D eigenvalue weighted by atomic mass is 9.95. The van der Waals surface area contributed by atoms with Crippen molar-refractivity contribution in [3.05, 3.63) is 52.1 Å². The molecule has 1 aromatic carbocycles. The van der Waals surface area contributed by atoms with E-state index >= 15 is 0 Å². The first-order chi connectivity index (χ1) is 10.1. The Hall–Kier alpha value is -2.70. The number of carbonyl (C=O) groups excluding carboxylic acids is 2. The molecule has 1 atom stereocenters. The number of esters is 1. The molecular formula is C14H15N3O4. The molecule has 7 heteroatoms. The largest absolute Gasteiger partial charge is 0.463 e. The quantitative estimate of drug-likeness (QED) is 0.680. The van der Waals surface area contributed by atoms with E-state index in [-0.39, 0.29) is 12.2 Å². The van der Waals surface area contributed by atoms with Gasteiger partial charge in [-0.1, -0.05) is 30.3 Å². The van der Waals surface area contributed by atoms with Gasteiger partial charge in [0.05, 0.1) is 17.5 Å². The normalized spacial score (nSPS) is 18.3. The van der Waals surface area contributed by atoms with Crippen molar-refractivity contribution < 1.29 is 14.3 Å². The molecule has 1 aliphatic rings. The molecule has 0 spiro atoms. The second kappa shape index (κ2) is 6.17. The fourth-order valence-electron chi connectivity index (χ4n) is 2.23. The first-order valence-corrected chi connectivity index (χ1v) is 6.46. The molecule has 1 unspecified atom stereocenters. The molecule has 1 heterocycles. The molecule has 0 aromatic heterocycles. The van der Waals surface area contributed by atoms with Gasteiger partial charge in [0.1, 0.15) is 6.04 Å². The average molecular weight is 289 g/mol. The minimum absolute atomic E-state index is 0.194. The van der Waals surface area contributed by atoms with Crippen molar-refractivity contribution in [3.8, 4) is 0 Å². The summed E-state index contributed by atoms with van der Waals surface area (Å²) in [5.74, 6) is -0.586. The summed E-state index contributed by atoms with van der Waals surface area (Å²) in [5.41, 5.74) is 1.16. The zero-order valence-electron chi connectivity index (χ0n) is 11.7. The van der Waals surface area contributed by atoms with Crippen molar-refractivity contribution in [2.75, 3.05) is 6.61 Å². The minimum Gasteiger partial charge on any atom is -0.463 e. The van der Waals surface area contributed by atoms with Crippen LogP contribution in [0.15, 0.2) is 46.9 Å². The zero-order chi connectivity index (χ0) is 15.4. The number of nitrogens with one attached hydrogen (secondary N) is 1. The van der Waals surface area contributed by atoms with Gasteiger partial charge >= 0.3 is 12.0 Å². The molecule has 2 rings (SSSR count). The van der Waals surface area contributed by atoms with Crippen LogP contribution in [0.3, 0.4) is 0 Å². The van der Waals surface area contributed by atoms with E-state index in [1.165, 1.54) is 0 Å². The van der Waals surface area contributed by atoms with Gasteiger partial charge in [-0.2, -0.15) is 5.01 Å². The Morgan fingerprint density at radius 3 is 2.62 bits per heavy atom. The number of carbonyl (C=O) groups is 2. The number of urea groups is 1. The summed E-state index contributed by atoms with van der Waals surface area (Å²) in [5, 5.41) is 5.89. The number of nitrogens with zero attached hydrogens (tertiary/aromatic N) is 2. The highest BCUT2D eigenvalue weighted by atomic mass is 16.5. The summed E-state index contributed by atoms with van der Waals surface area (Å²) in [4.78, 5) is 35.1. The van der Waals surface area contributed by atoms with E-state index in [9.17, 15) is 14.5 Å². The molecule has 0 fully saturated rings. The van der Waals surface area contributed by atoms with Gasteiger partial charge in [-0.05, 0) is 19.4 Å². The van der Waals surface area contributed by atoms with Crippen LogP contribution in [-0.2, 0) is 9.53 Å². The molecule has 7 nitrogen and oxygen atoms in total. The molecule has 21 heavy (non-hydrogen) atoms. The molecule has 0 radical (unpaired) electrons. The predicted octanol–water partition coefficient (Wildman–Crippen LogP) is 2.27. The van der Waals surface area contributed by atoms with Gasteiger partial charge < -0.3 is 10.1 Å². The van der Waals surface area contributed by atoms with E-state index in [1.807, 2.05) is 0 Å². The predicted molar refractivity (Wildman–Crippen MR) is 74.7 cm³/mol. The summed E-state index contributed by atoms with van der Waals surface area (Å²) >= 11 is 0. The lowest BCUT2D eigenvalue weighted by Crippen LogP contribution is -2.45. The van der Waals surface area contributed by atoms with Gasteiger partial charge in [-0.15, -0.1) is 4.91 Å². The van der Waals surface area contributed by atoms with Crippen LogP contribution in [0.4, 0.5) is 4.79 Å². The van der Waals surface area contributed by atoms with E-state index in [0.29, 0.717) is 16.3 Å². The second-order valence-corrected chi connectivity index (χ2v) is 4.43. The van der Waals surface area contributed by atoms with Crippen molar-refractivity contribution >= 4 is 12.0 Å². The van der Waals surface area contributed by atoms with Gasteiger partial charge in [0.2, 0.25) is 0 Å². The van der Waals surface area contributed by atoms with Crippen LogP contribution in [0.2, 0.25) is 0 Å². The van der Waals surface area contributed by atoms with E-state index < -0.39 is 18.0 Å². The number of allylic oxidation sites excluding steroid dienone is 1. The Kier molecular flexibility index (Phi) is 4.32. The molecule has 2 amide bonds. The lowest BCUT2D eigenvalue weighted by molar-refractivity contribution is -0.139. The fourth-order valence-corrected chi connectivity index (χ4v) is 2.23.